The molecule has 0 fully saturated rings. The van der Waals surface area contributed by atoms with Gasteiger partial charge in [0.15, 0.2) is 0 Å². The van der Waals surface area contributed by atoms with E-state index in [4.69, 9.17) is 0 Å². The standard InChI is InChI=1S/C15H21N3OS/c1-3-18(4-2)15(19)9-10-16-11-14-17-12-7-5-6-8-13(12)20-14/h5-8,16H,3-4,9-11H2,1-2H3. The van der Waals surface area contributed by atoms with Crippen LogP contribution in [0.1, 0.15) is 25.3 Å². The lowest BCUT2D eigenvalue weighted by Crippen LogP contribution is -2.32. The number of fused-ring (bicyclic) bond motifs is 1. The Hall–Kier alpha value is -1.46. The molecule has 2 aromatic rings. The number of para-hydroxylation sites is 1. The summed E-state index contributed by atoms with van der Waals surface area (Å²) in [4.78, 5) is 18.2. The van der Waals surface area contributed by atoms with Crippen molar-refractivity contribution in [1.29, 1.82) is 0 Å². The highest BCUT2D eigenvalue weighted by Gasteiger charge is 2.08. The summed E-state index contributed by atoms with van der Waals surface area (Å²) < 4.78 is 1.21. The number of nitrogens with zero attached hydrogens (tertiary/aromatic N) is 2. The molecular weight excluding hydrogens is 270 g/mol. The zero-order chi connectivity index (χ0) is 14.4. The molecule has 0 aliphatic rings. The van der Waals surface area contributed by atoms with Gasteiger partial charge < -0.3 is 10.2 Å². The number of nitrogens with one attached hydrogen (secondary N) is 1. The highest BCUT2D eigenvalue weighted by molar-refractivity contribution is 7.18. The normalized spacial score (nSPS) is 10.9. The summed E-state index contributed by atoms with van der Waals surface area (Å²) in [5.41, 5.74) is 1.05. The quantitative estimate of drug-likeness (QED) is 0.798. The van der Waals surface area contributed by atoms with Crippen LogP contribution in [-0.4, -0.2) is 35.4 Å². The van der Waals surface area contributed by atoms with E-state index in [1.807, 2.05) is 36.9 Å². The van der Waals surface area contributed by atoms with Gasteiger partial charge in [0.1, 0.15) is 5.01 Å². The van der Waals surface area contributed by atoms with E-state index in [-0.39, 0.29) is 5.91 Å². The summed E-state index contributed by atoms with van der Waals surface area (Å²) in [6.45, 7) is 7.02. The largest absolute Gasteiger partial charge is 0.343 e. The molecule has 1 N–H and O–H groups in total. The molecule has 2 rings (SSSR count). The van der Waals surface area contributed by atoms with Crippen molar-refractivity contribution < 1.29 is 4.79 Å². The molecule has 1 aromatic heterocycles. The number of rotatable bonds is 7. The number of carbonyl (C=O) groups is 1. The number of hydrogen-bond acceptors (Lipinski definition) is 4. The van der Waals surface area contributed by atoms with Crippen molar-refractivity contribution in [3.05, 3.63) is 29.3 Å². The van der Waals surface area contributed by atoms with Gasteiger partial charge in [0.2, 0.25) is 5.91 Å². The highest BCUT2D eigenvalue weighted by Crippen LogP contribution is 2.21. The Morgan fingerprint density at radius 1 is 1.30 bits per heavy atom. The van der Waals surface area contributed by atoms with Crippen LogP contribution in [-0.2, 0) is 11.3 Å². The van der Waals surface area contributed by atoms with E-state index in [1.54, 1.807) is 11.3 Å². The lowest BCUT2D eigenvalue weighted by molar-refractivity contribution is -0.130. The van der Waals surface area contributed by atoms with Gasteiger partial charge in [-0.15, -0.1) is 11.3 Å². The second kappa shape index (κ2) is 7.36. The van der Waals surface area contributed by atoms with E-state index >= 15 is 0 Å². The van der Waals surface area contributed by atoms with Crippen LogP contribution in [0.15, 0.2) is 24.3 Å². The molecule has 0 saturated heterocycles. The van der Waals surface area contributed by atoms with E-state index in [9.17, 15) is 4.79 Å². The zero-order valence-corrected chi connectivity index (χ0v) is 12.9. The fraction of sp³-hybridized carbons (Fsp3) is 0.467. The molecule has 5 heteroatoms. The molecule has 0 aliphatic carbocycles. The molecular formula is C15H21N3OS. The van der Waals surface area contributed by atoms with Crippen molar-refractivity contribution in [2.75, 3.05) is 19.6 Å². The molecule has 4 nitrogen and oxygen atoms in total. The van der Waals surface area contributed by atoms with Gasteiger partial charge in [0, 0.05) is 32.6 Å². The van der Waals surface area contributed by atoms with Gasteiger partial charge in [-0.2, -0.15) is 0 Å². The van der Waals surface area contributed by atoms with Gasteiger partial charge in [0.05, 0.1) is 10.2 Å². The average molecular weight is 291 g/mol. The number of thiazole rings is 1. The first-order valence-corrected chi connectivity index (χ1v) is 7.89. The number of carbonyl (C=O) groups excluding carboxylic acids is 1. The summed E-state index contributed by atoms with van der Waals surface area (Å²) in [5, 5.41) is 4.37. The minimum atomic E-state index is 0.215. The van der Waals surface area contributed by atoms with Gasteiger partial charge in [0.25, 0.3) is 0 Å². The fourth-order valence-electron chi connectivity index (χ4n) is 2.12. The van der Waals surface area contributed by atoms with Crippen molar-refractivity contribution in [3.8, 4) is 0 Å². The lowest BCUT2D eigenvalue weighted by Gasteiger charge is -2.18. The van der Waals surface area contributed by atoms with E-state index in [2.05, 4.69) is 16.4 Å². The van der Waals surface area contributed by atoms with Crippen molar-refractivity contribution in [2.45, 2.75) is 26.8 Å². The van der Waals surface area contributed by atoms with Crippen LogP contribution in [0.3, 0.4) is 0 Å². The molecule has 0 saturated carbocycles. The summed E-state index contributed by atoms with van der Waals surface area (Å²) in [7, 11) is 0. The van der Waals surface area contributed by atoms with Crippen LogP contribution in [0, 0.1) is 0 Å². The van der Waals surface area contributed by atoms with Crippen LogP contribution >= 0.6 is 11.3 Å². The van der Waals surface area contributed by atoms with Gasteiger partial charge in [-0.25, -0.2) is 4.98 Å². The third-order valence-corrected chi connectivity index (χ3v) is 4.28. The predicted molar refractivity (Wildman–Crippen MR) is 83.9 cm³/mol. The Bertz CT molecular complexity index is 530. The van der Waals surface area contributed by atoms with Crippen LogP contribution in [0.25, 0.3) is 10.2 Å². The van der Waals surface area contributed by atoms with Crippen LogP contribution in [0.5, 0.6) is 0 Å². The van der Waals surface area contributed by atoms with Crippen LogP contribution in [0.2, 0.25) is 0 Å². The molecule has 0 atom stereocenters. The number of aromatic nitrogens is 1. The first-order valence-electron chi connectivity index (χ1n) is 7.07. The maximum atomic E-state index is 11.8. The van der Waals surface area contributed by atoms with Gasteiger partial charge >= 0.3 is 0 Å². The Morgan fingerprint density at radius 2 is 2.05 bits per heavy atom. The summed E-state index contributed by atoms with van der Waals surface area (Å²) >= 11 is 1.70. The van der Waals surface area contributed by atoms with E-state index in [1.165, 1.54) is 4.70 Å². The second-order valence-corrected chi connectivity index (χ2v) is 5.68. The third kappa shape index (κ3) is 3.77. The molecule has 0 spiro atoms. The molecule has 108 valence electrons. The van der Waals surface area contributed by atoms with E-state index in [0.29, 0.717) is 13.0 Å². The van der Waals surface area contributed by atoms with E-state index in [0.717, 1.165) is 30.2 Å². The molecule has 1 heterocycles. The van der Waals surface area contributed by atoms with E-state index < -0.39 is 0 Å². The van der Waals surface area contributed by atoms with Crippen molar-refractivity contribution in [3.63, 3.8) is 0 Å². The molecule has 0 aliphatic heterocycles. The van der Waals surface area contributed by atoms with Crippen molar-refractivity contribution in [2.24, 2.45) is 0 Å². The molecule has 0 bridgehead atoms. The topological polar surface area (TPSA) is 45.2 Å². The van der Waals surface area contributed by atoms with Crippen molar-refractivity contribution in [1.82, 2.24) is 15.2 Å². The molecule has 20 heavy (non-hydrogen) atoms. The highest BCUT2D eigenvalue weighted by atomic mass is 32.1. The lowest BCUT2D eigenvalue weighted by atomic mass is 10.3. The second-order valence-electron chi connectivity index (χ2n) is 4.57. The molecule has 0 unspecified atom stereocenters. The smallest absolute Gasteiger partial charge is 0.223 e. The number of hydrogen-bond donors (Lipinski definition) is 1. The fourth-order valence-corrected chi connectivity index (χ4v) is 3.06. The minimum absolute atomic E-state index is 0.215. The first kappa shape index (κ1) is 14.9. The zero-order valence-electron chi connectivity index (χ0n) is 12.1. The number of benzene rings is 1. The van der Waals surface area contributed by atoms with Gasteiger partial charge in [-0.3, -0.25) is 4.79 Å². The average Bonchev–Trinajstić information content (AvgIpc) is 2.87. The number of amides is 1. The SMILES string of the molecule is CCN(CC)C(=O)CCNCc1nc2ccccc2s1. The summed E-state index contributed by atoms with van der Waals surface area (Å²) in [6, 6.07) is 8.14. The summed E-state index contributed by atoms with van der Waals surface area (Å²) in [5.74, 6) is 0.215. The maximum absolute atomic E-state index is 11.8. The van der Waals surface area contributed by atoms with Crippen LogP contribution in [0.4, 0.5) is 0 Å². The maximum Gasteiger partial charge on any atom is 0.223 e. The minimum Gasteiger partial charge on any atom is -0.343 e. The van der Waals surface area contributed by atoms with Crippen molar-refractivity contribution >= 4 is 27.5 Å². The monoisotopic (exact) mass is 291 g/mol. The predicted octanol–water partition coefficient (Wildman–Crippen LogP) is 2.64. The van der Waals surface area contributed by atoms with Gasteiger partial charge in [-0.05, 0) is 26.0 Å². The molecule has 0 radical (unpaired) electrons. The molecule has 1 aromatic carbocycles. The van der Waals surface area contributed by atoms with Gasteiger partial charge in [-0.1, -0.05) is 12.1 Å². The summed E-state index contributed by atoms with van der Waals surface area (Å²) in [6.07, 6.45) is 0.548. The van der Waals surface area contributed by atoms with Crippen LogP contribution < -0.4 is 5.32 Å². The Morgan fingerprint density at radius 3 is 2.75 bits per heavy atom. The third-order valence-electron chi connectivity index (χ3n) is 3.25. The molecule has 1 amide bonds. The Balaban J connectivity index is 1.77. The Kier molecular flexibility index (Phi) is 5.49. The first-order chi connectivity index (χ1) is 9.74. The Labute approximate surface area is 123 Å².